The van der Waals surface area contributed by atoms with E-state index in [4.69, 9.17) is 19.9 Å². The Morgan fingerprint density at radius 2 is 1.88 bits per heavy atom. The van der Waals surface area contributed by atoms with E-state index < -0.39 is 11.3 Å². The molecule has 0 fully saturated rings. The van der Waals surface area contributed by atoms with Gasteiger partial charge in [0.1, 0.15) is 5.75 Å². The van der Waals surface area contributed by atoms with Gasteiger partial charge in [-0.05, 0) is 76.1 Å². The number of hydrogen-bond acceptors (Lipinski definition) is 5. The number of amides is 1. The first-order chi connectivity index (χ1) is 15.2. The summed E-state index contributed by atoms with van der Waals surface area (Å²) in [6, 6.07) is 13.6. The van der Waals surface area contributed by atoms with Crippen LogP contribution in [0.1, 0.15) is 33.3 Å². The monoisotopic (exact) mass is 440 g/mol. The van der Waals surface area contributed by atoms with Crippen molar-refractivity contribution in [1.29, 1.82) is 0 Å². The summed E-state index contributed by atoms with van der Waals surface area (Å²) in [6.07, 6.45) is 0.873. The predicted octanol–water partition coefficient (Wildman–Crippen LogP) is 3.31. The van der Waals surface area contributed by atoms with E-state index in [1.165, 1.54) is 0 Å². The highest BCUT2D eigenvalue weighted by molar-refractivity contribution is 5.94. The summed E-state index contributed by atoms with van der Waals surface area (Å²) in [6.45, 7) is 8.69. The van der Waals surface area contributed by atoms with E-state index in [1.54, 1.807) is 13.8 Å². The number of nitrogens with zero attached hydrogens (tertiary/aromatic N) is 1. The summed E-state index contributed by atoms with van der Waals surface area (Å²) >= 11 is 0. The van der Waals surface area contributed by atoms with Crippen molar-refractivity contribution in [2.75, 3.05) is 25.2 Å². The molecule has 0 saturated carbocycles. The van der Waals surface area contributed by atoms with Gasteiger partial charge in [-0.25, -0.2) is 0 Å². The number of guanidine groups is 1. The molecular formula is C24H32N4O4. The van der Waals surface area contributed by atoms with E-state index in [1.807, 2.05) is 56.3 Å². The first kappa shape index (κ1) is 23.2. The van der Waals surface area contributed by atoms with Crippen LogP contribution < -0.4 is 30.6 Å². The third-order valence-corrected chi connectivity index (χ3v) is 4.93. The second kappa shape index (κ2) is 10.3. The Kier molecular flexibility index (Phi) is 7.45. The van der Waals surface area contributed by atoms with Crippen molar-refractivity contribution < 1.29 is 19.0 Å². The van der Waals surface area contributed by atoms with Crippen LogP contribution in [-0.2, 0) is 11.2 Å². The van der Waals surface area contributed by atoms with Crippen LogP contribution in [0, 0.1) is 5.41 Å². The molecule has 1 amide bonds. The van der Waals surface area contributed by atoms with Crippen molar-refractivity contribution in [1.82, 2.24) is 5.32 Å². The number of fused-ring (bicyclic) bond motifs is 1. The van der Waals surface area contributed by atoms with Crippen molar-refractivity contribution in [2.24, 2.45) is 16.1 Å². The van der Waals surface area contributed by atoms with E-state index in [9.17, 15) is 4.79 Å². The Bertz CT molecular complexity index is 955. The van der Waals surface area contributed by atoms with E-state index in [2.05, 4.69) is 15.6 Å². The number of rotatable bonds is 9. The van der Waals surface area contributed by atoms with Crippen molar-refractivity contribution in [3.8, 4) is 17.2 Å². The molecule has 0 aliphatic carbocycles. The minimum absolute atomic E-state index is 0.111. The third-order valence-electron chi connectivity index (χ3n) is 4.93. The van der Waals surface area contributed by atoms with Gasteiger partial charge < -0.3 is 30.6 Å². The fourth-order valence-corrected chi connectivity index (χ4v) is 2.94. The molecule has 8 heteroatoms. The van der Waals surface area contributed by atoms with Gasteiger partial charge in [-0.15, -0.1) is 0 Å². The van der Waals surface area contributed by atoms with Gasteiger partial charge in [-0.3, -0.25) is 9.79 Å². The SMILES string of the molecule is CC(C)Oc1ccc(NC(=NCC(C)(C)C(N)=O)NCCc2ccc3c(c2)OCO3)cc1. The number of ether oxygens (including phenoxy) is 3. The zero-order chi connectivity index (χ0) is 23.1. The molecule has 4 N–H and O–H groups in total. The van der Waals surface area contributed by atoms with Crippen LogP contribution in [0.15, 0.2) is 47.5 Å². The maximum atomic E-state index is 11.7. The number of anilines is 1. The molecule has 0 saturated heterocycles. The highest BCUT2D eigenvalue weighted by Crippen LogP contribution is 2.32. The molecule has 0 spiro atoms. The van der Waals surface area contributed by atoms with Crippen molar-refractivity contribution in [2.45, 2.75) is 40.2 Å². The van der Waals surface area contributed by atoms with Crippen LogP contribution in [-0.4, -0.2) is 37.9 Å². The minimum Gasteiger partial charge on any atom is -0.491 e. The van der Waals surface area contributed by atoms with Crippen LogP contribution in [0.5, 0.6) is 17.2 Å². The first-order valence-electron chi connectivity index (χ1n) is 10.7. The zero-order valence-corrected chi connectivity index (χ0v) is 19.1. The molecule has 0 aromatic heterocycles. The fourth-order valence-electron chi connectivity index (χ4n) is 2.94. The summed E-state index contributed by atoms with van der Waals surface area (Å²) < 4.78 is 16.5. The Morgan fingerprint density at radius 3 is 2.56 bits per heavy atom. The normalized spacial score (nSPS) is 13.2. The maximum Gasteiger partial charge on any atom is 0.231 e. The summed E-state index contributed by atoms with van der Waals surface area (Å²) in [5.41, 5.74) is 6.73. The molecule has 0 radical (unpaired) electrons. The Labute approximate surface area is 189 Å². The maximum absolute atomic E-state index is 11.7. The highest BCUT2D eigenvalue weighted by Gasteiger charge is 2.24. The smallest absolute Gasteiger partial charge is 0.231 e. The van der Waals surface area contributed by atoms with Crippen molar-refractivity contribution in [3.63, 3.8) is 0 Å². The highest BCUT2D eigenvalue weighted by atomic mass is 16.7. The van der Waals surface area contributed by atoms with Crippen molar-refractivity contribution in [3.05, 3.63) is 48.0 Å². The summed E-state index contributed by atoms with van der Waals surface area (Å²) in [5.74, 6) is 2.51. The average Bonchev–Trinajstić information content (AvgIpc) is 3.20. The van der Waals surface area contributed by atoms with Crippen LogP contribution in [0.3, 0.4) is 0 Å². The standard InChI is InChI=1S/C24H32N4O4/c1-16(2)32-19-8-6-18(7-9-19)28-23(27-14-24(3,4)22(25)29)26-12-11-17-5-10-20-21(13-17)31-15-30-20/h5-10,13,16H,11-12,14-15H2,1-4H3,(H2,25,29)(H2,26,27,28). The number of hydrogen-bond donors (Lipinski definition) is 3. The topological polar surface area (TPSA) is 107 Å². The Hall–Kier alpha value is -3.42. The fraction of sp³-hybridized carbons (Fsp3) is 0.417. The molecule has 0 atom stereocenters. The molecule has 2 aromatic rings. The van der Waals surface area contributed by atoms with Gasteiger partial charge >= 0.3 is 0 Å². The lowest BCUT2D eigenvalue weighted by Crippen LogP contribution is -2.37. The molecule has 1 aliphatic rings. The molecule has 0 unspecified atom stereocenters. The van der Waals surface area contributed by atoms with Crippen LogP contribution >= 0.6 is 0 Å². The van der Waals surface area contributed by atoms with E-state index in [0.29, 0.717) is 12.5 Å². The Balaban J connectivity index is 1.65. The number of carbonyl (C=O) groups excluding carboxylic acids is 1. The first-order valence-corrected chi connectivity index (χ1v) is 10.7. The minimum atomic E-state index is -0.749. The number of nitrogens with two attached hydrogens (primary N) is 1. The molecule has 0 bridgehead atoms. The van der Waals surface area contributed by atoms with Crippen LogP contribution in [0.2, 0.25) is 0 Å². The van der Waals surface area contributed by atoms with Gasteiger partial charge in [0, 0.05) is 12.2 Å². The summed E-state index contributed by atoms with van der Waals surface area (Å²) in [5, 5.41) is 6.61. The van der Waals surface area contributed by atoms with Gasteiger partial charge in [-0.2, -0.15) is 0 Å². The lowest BCUT2D eigenvalue weighted by Gasteiger charge is -2.19. The molecule has 3 rings (SSSR count). The van der Waals surface area contributed by atoms with Gasteiger partial charge in [-0.1, -0.05) is 6.07 Å². The van der Waals surface area contributed by atoms with Crippen molar-refractivity contribution >= 4 is 17.6 Å². The van der Waals surface area contributed by atoms with Gasteiger partial charge in [0.15, 0.2) is 17.5 Å². The second-order valence-electron chi connectivity index (χ2n) is 8.59. The molecule has 172 valence electrons. The number of benzene rings is 2. The van der Waals surface area contributed by atoms with E-state index in [0.717, 1.165) is 34.9 Å². The van der Waals surface area contributed by atoms with Crippen LogP contribution in [0.4, 0.5) is 5.69 Å². The van der Waals surface area contributed by atoms with E-state index in [-0.39, 0.29) is 19.4 Å². The molecule has 1 aliphatic heterocycles. The van der Waals surface area contributed by atoms with Gasteiger partial charge in [0.2, 0.25) is 12.7 Å². The predicted molar refractivity (Wildman–Crippen MR) is 125 cm³/mol. The number of primary amides is 1. The Morgan fingerprint density at radius 1 is 1.16 bits per heavy atom. The third kappa shape index (κ3) is 6.54. The van der Waals surface area contributed by atoms with Gasteiger partial charge in [0.05, 0.1) is 18.1 Å². The largest absolute Gasteiger partial charge is 0.491 e. The number of nitrogens with one attached hydrogen (secondary N) is 2. The molecular weight excluding hydrogens is 408 g/mol. The molecule has 8 nitrogen and oxygen atoms in total. The zero-order valence-electron chi connectivity index (χ0n) is 19.1. The van der Waals surface area contributed by atoms with Crippen LogP contribution in [0.25, 0.3) is 0 Å². The summed E-state index contributed by atoms with van der Waals surface area (Å²) in [7, 11) is 0. The quantitative estimate of drug-likeness (QED) is 0.408. The molecule has 1 heterocycles. The lowest BCUT2D eigenvalue weighted by molar-refractivity contribution is -0.125. The van der Waals surface area contributed by atoms with E-state index >= 15 is 0 Å². The lowest BCUT2D eigenvalue weighted by atomic mass is 9.93. The summed E-state index contributed by atoms with van der Waals surface area (Å²) in [4.78, 5) is 16.3. The molecule has 32 heavy (non-hydrogen) atoms. The van der Waals surface area contributed by atoms with Gasteiger partial charge in [0.25, 0.3) is 0 Å². The molecule has 2 aromatic carbocycles. The number of carbonyl (C=O) groups is 1. The number of aliphatic imine (C=N–C) groups is 1. The average molecular weight is 441 g/mol. The second-order valence-corrected chi connectivity index (χ2v) is 8.59.